The van der Waals surface area contributed by atoms with Crippen LogP contribution in [0.2, 0.25) is 0 Å². The molecule has 6 heteroatoms. The smallest absolute Gasteiger partial charge is 0.242 e. The van der Waals surface area contributed by atoms with Crippen molar-refractivity contribution in [3.63, 3.8) is 0 Å². The zero-order chi connectivity index (χ0) is 13.9. The molecule has 1 aromatic rings. The fourth-order valence-corrected chi connectivity index (χ4v) is 3.23. The molecule has 1 aliphatic heterocycles. The second-order valence-corrected chi connectivity index (χ2v) is 6.27. The molecule has 0 aromatic carbocycles. The fraction of sp³-hybridized carbons (Fsp3) is 0.643. The van der Waals surface area contributed by atoms with Crippen molar-refractivity contribution in [2.24, 2.45) is 5.73 Å². The van der Waals surface area contributed by atoms with Crippen molar-refractivity contribution in [3.05, 3.63) is 22.4 Å². The molecule has 0 radical (unpaired) electrons. The molecule has 1 fully saturated rings. The summed E-state index contributed by atoms with van der Waals surface area (Å²) in [7, 11) is 0. The Labute approximate surface area is 130 Å². The lowest BCUT2D eigenvalue weighted by atomic mass is 9.95. The van der Waals surface area contributed by atoms with Crippen LogP contribution in [0.3, 0.4) is 0 Å². The van der Waals surface area contributed by atoms with Crippen LogP contribution in [-0.2, 0) is 9.53 Å². The number of thiophene rings is 1. The summed E-state index contributed by atoms with van der Waals surface area (Å²) in [6, 6.07) is 4.06. The van der Waals surface area contributed by atoms with Crippen LogP contribution in [-0.4, -0.2) is 36.0 Å². The molecule has 0 saturated carbocycles. The summed E-state index contributed by atoms with van der Waals surface area (Å²) < 4.78 is 5.75. The first-order valence-corrected chi connectivity index (χ1v) is 7.66. The molecule has 2 rings (SSSR count). The van der Waals surface area contributed by atoms with E-state index in [0.29, 0.717) is 26.1 Å². The van der Waals surface area contributed by atoms with Crippen molar-refractivity contribution in [1.29, 1.82) is 0 Å². The van der Waals surface area contributed by atoms with Crippen LogP contribution in [0.15, 0.2) is 17.5 Å². The Hall–Kier alpha value is -0.620. The largest absolute Gasteiger partial charge is 0.369 e. The van der Waals surface area contributed by atoms with E-state index in [2.05, 4.69) is 6.07 Å². The number of nitrogens with two attached hydrogens (primary N) is 1. The third-order valence-corrected chi connectivity index (χ3v) is 4.44. The number of morpholine rings is 1. The molecule has 1 aliphatic rings. The van der Waals surface area contributed by atoms with Gasteiger partial charge in [0.15, 0.2) is 0 Å². The van der Waals surface area contributed by atoms with E-state index in [4.69, 9.17) is 10.5 Å². The van der Waals surface area contributed by atoms with Gasteiger partial charge in [0.1, 0.15) is 6.10 Å². The Kier molecular flexibility index (Phi) is 6.45. The lowest BCUT2D eigenvalue weighted by molar-refractivity contribution is -0.144. The minimum atomic E-state index is -0.758. The van der Waals surface area contributed by atoms with Gasteiger partial charge in [-0.25, -0.2) is 0 Å². The topological polar surface area (TPSA) is 55.6 Å². The molecule has 2 unspecified atom stereocenters. The predicted molar refractivity (Wildman–Crippen MR) is 84.3 cm³/mol. The number of halogens is 1. The normalized spacial score (nSPS) is 21.9. The van der Waals surface area contributed by atoms with Crippen molar-refractivity contribution in [2.75, 3.05) is 19.7 Å². The predicted octanol–water partition coefficient (Wildman–Crippen LogP) is 2.59. The van der Waals surface area contributed by atoms with Gasteiger partial charge in [0.2, 0.25) is 5.91 Å². The molecule has 20 heavy (non-hydrogen) atoms. The second-order valence-electron chi connectivity index (χ2n) is 5.29. The number of amides is 1. The lowest BCUT2D eigenvalue weighted by Gasteiger charge is -2.37. The molecule has 0 spiro atoms. The summed E-state index contributed by atoms with van der Waals surface area (Å²) in [6.07, 6.45) is 1.62. The van der Waals surface area contributed by atoms with Gasteiger partial charge in [-0.15, -0.1) is 23.7 Å². The number of hydrogen-bond donors (Lipinski definition) is 1. The van der Waals surface area contributed by atoms with E-state index in [9.17, 15) is 4.79 Å². The summed E-state index contributed by atoms with van der Waals surface area (Å²) >= 11 is 1.67. The molecule has 0 aliphatic carbocycles. The molecule has 1 amide bonds. The first-order valence-electron chi connectivity index (χ1n) is 6.78. The molecule has 0 bridgehead atoms. The molecule has 2 N–H and O–H groups in total. The van der Waals surface area contributed by atoms with Crippen LogP contribution in [0.25, 0.3) is 0 Å². The van der Waals surface area contributed by atoms with Crippen LogP contribution in [0.5, 0.6) is 0 Å². The minimum Gasteiger partial charge on any atom is -0.369 e. The second kappa shape index (κ2) is 7.41. The highest BCUT2D eigenvalue weighted by molar-refractivity contribution is 7.10. The van der Waals surface area contributed by atoms with E-state index in [-0.39, 0.29) is 24.4 Å². The Bertz CT molecular complexity index is 423. The van der Waals surface area contributed by atoms with Gasteiger partial charge >= 0.3 is 0 Å². The molecule has 4 nitrogen and oxygen atoms in total. The van der Waals surface area contributed by atoms with Crippen LogP contribution in [0, 0.1) is 0 Å². The third kappa shape index (κ3) is 3.95. The van der Waals surface area contributed by atoms with Crippen molar-refractivity contribution < 1.29 is 9.53 Å². The Morgan fingerprint density at radius 1 is 1.65 bits per heavy atom. The summed E-state index contributed by atoms with van der Waals surface area (Å²) in [6.45, 7) is 5.70. The van der Waals surface area contributed by atoms with E-state index < -0.39 is 5.54 Å². The van der Waals surface area contributed by atoms with E-state index in [1.165, 1.54) is 4.88 Å². The fourth-order valence-electron chi connectivity index (χ4n) is 2.47. The monoisotopic (exact) mass is 318 g/mol. The number of ether oxygens (including phenoxy) is 1. The van der Waals surface area contributed by atoms with Gasteiger partial charge in [-0.05, 0) is 24.8 Å². The zero-order valence-corrected chi connectivity index (χ0v) is 13.6. The van der Waals surface area contributed by atoms with E-state index in [1.807, 2.05) is 30.2 Å². The average molecular weight is 319 g/mol. The molecule has 1 saturated heterocycles. The van der Waals surface area contributed by atoms with Gasteiger partial charge in [-0.1, -0.05) is 19.4 Å². The Morgan fingerprint density at radius 2 is 2.40 bits per heavy atom. The van der Waals surface area contributed by atoms with Gasteiger partial charge in [-0.2, -0.15) is 0 Å². The van der Waals surface area contributed by atoms with Crippen molar-refractivity contribution in [3.8, 4) is 0 Å². The maximum atomic E-state index is 12.5. The highest BCUT2D eigenvalue weighted by Crippen LogP contribution is 2.27. The number of nitrogens with zero attached hydrogens (tertiary/aromatic N) is 1. The quantitative estimate of drug-likeness (QED) is 0.928. The van der Waals surface area contributed by atoms with Gasteiger partial charge in [0.25, 0.3) is 0 Å². The Balaban J connectivity index is 0.00000200. The highest BCUT2D eigenvalue weighted by Gasteiger charge is 2.35. The SMILES string of the molecule is CCCC(C)(N)C(=O)N1CCOC(c2cccs2)C1.Cl. The van der Waals surface area contributed by atoms with E-state index in [1.54, 1.807) is 11.3 Å². The first-order chi connectivity index (χ1) is 9.04. The van der Waals surface area contributed by atoms with Gasteiger partial charge in [0.05, 0.1) is 18.7 Å². The Morgan fingerprint density at radius 3 is 3.00 bits per heavy atom. The third-order valence-electron chi connectivity index (χ3n) is 3.47. The van der Waals surface area contributed by atoms with Crippen LogP contribution in [0.1, 0.15) is 37.7 Å². The van der Waals surface area contributed by atoms with E-state index >= 15 is 0 Å². The minimum absolute atomic E-state index is 0. The van der Waals surface area contributed by atoms with Crippen LogP contribution in [0.4, 0.5) is 0 Å². The van der Waals surface area contributed by atoms with Crippen LogP contribution >= 0.6 is 23.7 Å². The van der Waals surface area contributed by atoms with Gasteiger partial charge in [0, 0.05) is 11.4 Å². The molecule has 2 atom stereocenters. The molecule has 114 valence electrons. The van der Waals surface area contributed by atoms with Crippen molar-refractivity contribution in [2.45, 2.75) is 38.3 Å². The molecule has 2 heterocycles. The number of rotatable bonds is 4. The maximum Gasteiger partial charge on any atom is 0.242 e. The standard InChI is InChI=1S/C14H22N2O2S.ClH/c1-3-6-14(2,15)13(17)16-7-8-18-11(10-16)12-5-4-9-19-12;/h4-5,9,11H,3,6-8,10,15H2,1-2H3;1H. The van der Waals surface area contributed by atoms with Gasteiger partial charge < -0.3 is 15.4 Å². The molecular weight excluding hydrogens is 296 g/mol. The summed E-state index contributed by atoms with van der Waals surface area (Å²) in [5, 5.41) is 2.03. The average Bonchev–Trinajstić information content (AvgIpc) is 2.92. The highest BCUT2D eigenvalue weighted by atomic mass is 35.5. The summed E-state index contributed by atoms with van der Waals surface area (Å²) in [5.74, 6) is 0.0409. The maximum absolute atomic E-state index is 12.5. The van der Waals surface area contributed by atoms with E-state index in [0.717, 1.165) is 6.42 Å². The van der Waals surface area contributed by atoms with Crippen LogP contribution < -0.4 is 5.73 Å². The summed E-state index contributed by atoms with van der Waals surface area (Å²) in [4.78, 5) is 15.5. The van der Waals surface area contributed by atoms with Crippen molar-refractivity contribution in [1.82, 2.24) is 4.90 Å². The number of carbonyl (C=O) groups is 1. The number of hydrogen-bond acceptors (Lipinski definition) is 4. The van der Waals surface area contributed by atoms with Crippen molar-refractivity contribution >= 4 is 29.7 Å². The number of carbonyl (C=O) groups excluding carboxylic acids is 1. The lowest BCUT2D eigenvalue weighted by Crippen LogP contribution is -2.56. The summed E-state index contributed by atoms with van der Waals surface area (Å²) in [5.41, 5.74) is 5.38. The first kappa shape index (κ1) is 17.4. The molecule has 1 aromatic heterocycles. The molecular formula is C14H23ClN2O2S. The van der Waals surface area contributed by atoms with Gasteiger partial charge in [-0.3, -0.25) is 4.79 Å². The zero-order valence-electron chi connectivity index (χ0n) is 12.0.